The van der Waals surface area contributed by atoms with E-state index < -0.39 is 11.9 Å². The number of amides is 1. The van der Waals surface area contributed by atoms with Crippen LogP contribution in [0.5, 0.6) is 0 Å². The molecule has 1 aromatic heterocycles. The molecule has 0 spiro atoms. The van der Waals surface area contributed by atoms with Crippen molar-refractivity contribution in [3.05, 3.63) is 46.5 Å². The van der Waals surface area contributed by atoms with Crippen LogP contribution in [0.25, 0.3) is 0 Å². The summed E-state index contributed by atoms with van der Waals surface area (Å²) in [4.78, 5) is 27.9. The largest absolute Gasteiger partial charge is 0.465 e. The monoisotopic (exact) mass is 310 g/mol. The van der Waals surface area contributed by atoms with Crippen molar-refractivity contribution in [2.75, 3.05) is 12.4 Å². The quantitative estimate of drug-likeness (QED) is 0.696. The van der Waals surface area contributed by atoms with Crippen LogP contribution in [0.15, 0.2) is 29.6 Å². The maximum Gasteiger partial charge on any atom is 0.338 e. The zero-order valence-corrected chi connectivity index (χ0v) is 12.1. The van der Waals surface area contributed by atoms with Crippen LogP contribution < -0.4 is 5.32 Å². The first kappa shape index (κ1) is 14.5. The van der Waals surface area contributed by atoms with E-state index >= 15 is 0 Å². The molecule has 0 bridgehead atoms. The molecule has 0 unspecified atom stereocenters. The summed E-state index contributed by atoms with van der Waals surface area (Å²) in [7, 11) is 1.27. The van der Waals surface area contributed by atoms with E-state index in [-0.39, 0.29) is 17.0 Å². The van der Waals surface area contributed by atoms with Crippen molar-refractivity contribution in [2.45, 2.75) is 5.88 Å². The number of hydrogen-bond acceptors (Lipinski definition) is 5. The van der Waals surface area contributed by atoms with Crippen LogP contribution in [0, 0.1) is 0 Å². The van der Waals surface area contributed by atoms with Gasteiger partial charge in [0.05, 0.1) is 29.8 Å². The number of nitrogens with one attached hydrogen (secondary N) is 1. The van der Waals surface area contributed by atoms with Crippen molar-refractivity contribution >= 4 is 39.9 Å². The molecule has 20 heavy (non-hydrogen) atoms. The molecule has 0 atom stereocenters. The summed E-state index contributed by atoms with van der Waals surface area (Å²) in [6.45, 7) is 0. The maximum absolute atomic E-state index is 12.2. The number of carbonyl (C=O) groups is 2. The summed E-state index contributed by atoms with van der Waals surface area (Å²) in [6, 6.07) is 6.43. The Hall–Kier alpha value is -1.92. The number of thiazole rings is 1. The highest BCUT2D eigenvalue weighted by atomic mass is 35.5. The van der Waals surface area contributed by atoms with Crippen molar-refractivity contribution in [1.29, 1.82) is 0 Å². The molecular formula is C13H11ClN2O3S. The van der Waals surface area contributed by atoms with Gasteiger partial charge in [0, 0.05) is 5.38 Å². The van der Waals surface area contributed by atoms with E-state index in [1.54, 1.807) is 23.6 Å². The Kier molecular flexibility index (Phi) is 4.70. The number of esters is 1. The molecule has 2 aromatic rings. The third-order valence-corrected chi connectivity index (χ3v) is 3.57. The Morgan fingerprint density at radius 3 is 2.65 bits per heavy atom. The molecule has 0 saturated carbocycles. The van der Waals surface area contributed by atoms with Crippen molar-refractivity contribution in [3.8, 4) is 0 Å². The summed E-state index contributed by atoms with van der Waals surface area (Å²) in [6.07, 6.45) is 0. The zero-order chi connectivity index (χ0) is 14.5. The lowest BCUT2D eigenvalue weighted by Gasteiger charge is -2.06. The first-order valence-corrected chi connectivity index (χ1v) is 7.06. The summed E-state index contributed by atoms with van der Waals surface area (Å²) in [5.74, 6) is -0.691. The number of benzene rings is 1. The second-order valence-corrected chi connectivity index (χ2v) is 4.89. The minimum absolute atomic E-state index is 0.210. The highest BCUT2D eigenvalue weighted by molar-refractivity contribution is 7.14. The highest BCUT2D eigenvalue weighted by Gasteiger charge is 2.17. The van der Waals surface area contributed by atoms with Crippen molar-refractivity contribution in [1.82, 2.24) is 4.98 Å². The summed E-state index contributed by atoms with van der Waals surface area (Å²) >= 11 is 6.92. The number of nitrogens with zero attached hydrogens (tertiary/aromatic N) is 1. The predicted molar refractivity (Wildman–Crippen MR) is 77.4 cm³/mol. The van der Waals surface area contributed by atoms with Gasteiger partial charge in [-0.25, -0.2) is 9.78 Å². The standard InChI is InChI=1S/C13H11ClN2O3S/c1-19-12(18)10-5-3-2-4-9(10)11(17)16-13-15-8(6-14)7-20-13/h2-5,7H,6H2,1H3,(H,15,16,17). The average molecular weight is 311 g/mol. The lowest BCUT2D eigenvalue weighted by molar-refractivity contribution is 0.0597. The van der Waals surface area contributed by atoms with E-state index in [2.05, 4.69) is 15.0 Å². The van der Waals surface area contributed by atoms with Gasteiger partial charge < -0.3 is 4.74 Å². The topological polar surface area (TPSA) is 68.3 Å². The van der Waals surface area contributed by atoms with Gasteiger partial charge in [-0.15, -0.1) is 22.9 Å². The summed E-state index contributed by atoms with van der Waals surface area (Å²) < 4.78 is 4.65. The normalized spacial score (nSPS) is 10.1. The molecule has 2 rings (SSSR count). The average Bonchev–Trinajstić information content (AvgIpc) is 2.94. The SMILES string of the molecule is COC(=O)c1ccccc1C(=O)Nc1nc(CCl)cs1. The minimum Gasteiger partial charge on any atom is -0.465 e. The minimum atomic E-state index is -0.559. The van der Waals surface area contributed by atoms with Crippen LogP contribution in [0.3, 0.4) is 0 Å². The van der Waals surface area contributed by atoms with Crippen LogP contribution in [-0.2, 0) is 10.6 Å². The van der Waals surface area contributed by atoms with Gasteiger partial charge in [0.25, 0.3) is 5.91 Å². The number of methoxy groups -OCH3 is 1. The highest BCUT2D eigenvalue weighted by Crippen LogP contribution is 2.19. The van der Waals surface area contributed by atoms with Gasteiger partial charge in [0.1, 0.15) is 0 Å². The van der Waals surface area contributed by atoms with Crippen molar-refractivity contribution < 1.29 is 14.3 Å². The maximum atomic E-state index is 12.2. The smallest absolute Gasteiger partial charge is 0.338 e. The fourth-order valence-corrected chi connectivity index (χ4v) is 2.49. The number of alkyl halides is 1. The Morgan fingerprint density at radius 2 is 2.05 bits per heavy atom. The molecule has 5 nitrogen and oxygen atoms in total. The van der Waals surface area contributed by atoms with Gasteiger partial charge >= 0.3 is 5.97 Å². The van der Waals surface area contributed by atoms with Crippen LogP contribution >= 0.6 is 22.9 Å². The molecule has 0 aliphatic carbocycles. The van der Waals surface area contributed by atoms with E-state index in [9.17, 15) is 9.59 Å². The lowest BCUT2D eigenvalue weighted by Crippen LogP contribution is -2.17. The first-order chi connectivity index (χ1) is 9.65. The fraction of sp³-hybridized carbons (Fsp3) is 0.154. The molecular weight excluding hydrogens is 300 g/mol. The Bertz CT molecular complexity index is 642. The fourth-order valence-electron chi connectivity index (χ4n) is 1.56. The molecule has 104 valence electrons. The van der Waals surface area contributed by atoms with E-state index in [1.807, 2.05) is 0 Å². The van der Waals surface area contributed by atoms with Crippen LogP contribution in [0.4, 0.5) is 5.13 Å². The number of rotatable bonds is 4. The van der Waals surface area contributed by atoms with E-state index in [4.69, 9.17) is 11.6 Å². The second-order valence-electron chi connectivity index (χ2n) is 3.77. The van der Waals surface area contributed by atoms with Gasteiger partial charge in [-0.2, -0.15) is 0 Å². The predicted octanol–water partition coefficient (Wildman–Crippen LogP) is 2.92. The van der Waals surface area contributed by atoms with Crippen LogP contribution in [0.2, 0.25) is 0 Å². The lowest BCUT2D eigenvalue weighted by atomic mass is 10.1. The Balaban J connectivity index is 2.23. The molecule has 0 fully saturated rings. The molecule has 1 aromatic carbocycles. The van der Waals surface area contributed by atoms with Gasteiger partial charge in [-0.1, -0.05) is 12.1 Å². The molecule has 0 radical (unpaired) electrons. The third kappa shape index (κ3) is 3.15. The number of hydrogen-bond donors (Lipinski definition) is 1. The van der Waals surface area contributed by atoms with Crippen molar-refractivity contribution in [2.24, 2.45) is 0 Å². The number of ether oxygens (including phenoxy) is 1. The zero-order valence-electron chi connectivity index (χ0n) is 10.6. The first-order valence-electron chi connectivity index (χ1n) is 5.64. The molecule has 0 aliphatic rings. The summed E-state index contributed by atoms with van der Waals surface area (Å²) in [5.41, 5.74) is 1.14. The number of halogens is 1. The number of aromatic nitrogens is 1. The molecule has 1 heterocycles. The summed E-state index contributed by atoms with van der Waals surface area (Å²) in [5, 5.41) is 4.83. The van der Waals surface area contributed by atoms with Gasteiger partial charge in [-0.05, 0) is 12.1 Å². The van der Waals surface area contributed by atoms with E-state index in [1.165, 1.54) is 24.5 Å². The van der Waals surface area contributed by atoms with Crippen LogP contribution in [0.1, 0.15) is 26.4 Å². The molecule has 0 aliphatic heterocycles. The molecule has 7 heteroatoms. The Labute approximate surface area is 124 Å². The second kappa shape index (κ2) is 6.49. The van der Waals surface area contributed by atoms with Gasteiger partial charge in [0.15, 0.2) is 5.13 Å². The molecule has 1 N–H and O–H groups in total. The van der Waals surface area contributed by atoms with E-state index in [0.717, 1.165) is 0 Å². The van der Waals surface area contributed by atoms with E-state index in [0.29, 0.717) is 10.8 Å². The van der Waals surface area contributed by atoms with Crippen LogP contribution in [-0.4, -0.2) is 24.0 Å². The molecule has 0 saturated heterocycles. The Morgan fingerprint density at radius 1 is 1.35 bits per heavy atom. The molecule has 1 amide bonds. The number of carbonyl (C=O) groups excluding carboxylic acids is 2. The third-order valence-electron chi connectivity index (χ3n) is 2.49. The van der Waals surface area contributed by atoms with Gasteiger partial charge in [-0.3, -0.25) is 10.1 Å². The van der Waals surface area contributed by atoms with Crippen molar-refractivity contribution in [3.63, 3.8) is 0 Å². The van der Waals surface area contributed by atoms with Gasteiger partial charge in [0.2, 0.25) is 0 Å². The number of anilines is 1.